The zero-order valence-corrected chi connectivity index (χ0v) is 17.1. The lowest BCUT2D eigenvalue weighted by atomic mass is 9.47. The number of aliphatic hydroxyl groups is 5. The minimum atomic E-state index is -1.44. The first-order valence-corrected chi connectivity index (χ1v) is 10.3. The van der Waals surface area contributed by atoms with Crippen LogP contribution in [0.4, 0.5) is 0 Å². The van der Waals surface area contributed by atoms with Crippen molar-refractivity contribution in [3.8, 4) is 0 Å². The van der Waals surface area contributed by atoms with E-state index in [4.69, 9.17) is 9.47 Å². The summed E-state index contributed by atoms with van der Waals surface area (Å²) in [7, 11) is 0. The van der Waals surface area contributed by atoms with Crippen molar-refractivity contribution in [3.63, 3.8) is 0 Å². The van der Waals surface area contributed by atoms with Crippen molar-refractivity contribution in [2.24, 2.45) is 22.7 Å². The third-order valence-electron chi connectivity index (χ3n) is 7.84. The van der Waals surface area contributed by atoms with E-state index in [9.17, 15) is 25.5 Å². The smallest absolute Gasteiger partial charge is 0.186 e. The molecule has 1 heterocycles. The minimum Gasteiger partial charge on any atom is -0.396 e. The van der Waals surface area contributed by atoms with Gasteiger partial charge in [-0.2, -0.15) is 0 Å². The number of aliphatic hydroxyl groups excluding tert-OH is 5. The molecule has 0 amide bonds. The molecule has 2 saturated carbocycles. The number of ether oxygens (including phenoxy) is 2. The second kappa shape index (κ2) is 7.95. The minimum absolute atomic E-state index is 0.0666. The molecule has 0 aromatic heterocycles. The van der Waals surface area contributed by atoms with Gasteiger partial charge in [0.25, 0.3) is 0 Å². The second-order valence-corrected chi connectivity index (χ2v) is 9.67. The van der Waals surface area contributed by atoms with Gasteiger partial charge < -0.3 is 35.0 Å². The van der Waals surface area contributed by atoms with E-state index in [1.54, 1.807) is 0 Å². The van der Waals surface area contributed by atoms with Gasteiger partial charge in [-0.05, 0) is 42.4 Å². The van der Waals surface area contributed by atoms with Crippen molar-refractivity contribution < 1.29 is 35.0 Å². The predicted octanol–water partition coefficient (Wildman–Crippen LogP) is 0.572. The Hall–Kier alpha value is -0.540. The zero-order valence-electron chi connectivity index (χ0n) is 17.1. The SMILES string of the molecule is C=C1CC[C@H]2C(C)(C)[C@@H](O[C@@H]3O[C@H](CO)[C@@H](O)[C@H](O)[C@H]3O)CC[C@]2(C)[C@H]1CO. The summed E-state index contributed by atoms with van der Waals surface area (Å²) in [4.78, 5) is 0. The summed E-state index contributed by atoms with van der Waals surface area (Å²) >= 11 is 0. The number of rotatable bonds is 4. The predicted molar refractivity (Wildman–Crippen MR) is 102 cm³/mol. The normalized spacial score (nSPS) is 48.9. The van der Waals surface area contributed by atoms with E-state index in [0.29, 0.717) is 5.92 Å². The van der Waals surface area contributed by atoms with E-state index in [1.165, 1.54) is 0 Å². The van der Waals surface area contributed by atoms with Gasteiger partial charge in [-0.1, -0.05) is 32.9 Å². The molecule has 3 rings (SSSR count). The molecule has 0 unspecified atom stereocenters. The quantitative estimate of drug-likeness (QED) is 0.346. The largest absolute Gasteiger partial charge is 0.396 e. The Bertz CT molecular complexity index is 577. The maximum atomic E-state index is 10.3. The van der Waals surface area contributed by atoms with Gasteiger partial charge in [0, 0.05) is 5.92 Å². The molecule has 5 N–H and O–H groups in total. The average Bonchev–Trinajstić information content (AvgIpc) is 2.64. The van der Waals surface area contributed by atoms with E-state index < -0.39 is 37.3 Å². The van der Waals surface area contributed by atoms with Crippen LogP contribution >= 0.6 is 0 Å². The lowest BCUT2D eigenvalue weighted by Gasteiger charge is -2.60. The van der Waals surface area contributed by atoms with Gasteiger partial charge in [-0.15, -0.1) is 0 Å². The second-order valence-electron chi connectivity index (χ2n) is 9.67. The van der Waals surface area contributed by atoms with Gasteiger partial charge in [0.05, 0.1) is 19.3 Å². The van der Waals surface area contributed by atoms with E-state index in [0.717, 1.165) is 31.3 Å². The van der Waals surface area contributed by atoms with E-state index >= 15 is 0 Å². The standard InChI is InChI=1S/C21H36O7/c1-11-5-6-14-20(2,3)15(7-8-21(14,4)12(11)9-22)28-19-18(26)17(25)16(24)13(10-23)27-19/h12-19,22-26H,1,5-10H2,2-4H3/t12-,13+,14-,15-,16+,17-,18+,19-,21+/m0/s1. The maximum Gasteiger partial charge on any atom is 0.186 e. The molecule has 1 aliphatic heterocycles. The lowest BCUT2D eigenvalue weighted by Crippen LogP contribution is -2.62. The highest BCUT2D eigenvalue weighted by Crippen LogP contribution is 2.61. The van der Waals surface area contributed by atoms with Gasteiger partial charge in [0.2, 0.25) is 0 Å². The summed E-state index contributed by atoms with van der Waals surface area (Å²) in [5.41, 5.74) is 0.799. The zero-order chi connectivity index (χ0) is 20.9. The molecule has 1 saturated heterocycles. The third kappa shape index (κ3) is 3.45. The molecule has 3 fully saturated rings. The van der Waals surface area contributed by atoms with Crippen molar-refractivity contribution >= 4 is 0 Å². The first-order chi connectivity index (χ1) is 13.1. The molecule has 0 bridgehead atoms. The Balaban J connectivity index is 1.79. The van der Waals surface area contributed by atoms with Gasteiger partial charge in [-0.25, -0.2) is 0 Å². The average molecular weight is 401 g/mol. The van der Waals surface area contributed by atoms with Crippen LogP contribution in [0.15, 0.2) is 12.2 Å². The molecule has 7 nitrogen and oxygen atoms in total. The van der Waals surface area contributed by atoms with Gasteiger partial charge in [0.15, 0.2) is 6.29 Å². The fraction of sp³-hybridized carbons (Fsp3) is 0.905. The summed E-state index contributed by atoms with van der Waals surface area (Å²) < 4.78 is 11.7. The Morgan fingerprint density at radius 2 is 1.71 bits per heavy atom. The molecule has 0 radical (unpaired) electrons. The van der Waals surface area contributed by atoms with E-state index in [1.807, 2.05) is 0 Å². The van der Waals surface area contributed by atoms with Crippen LogP contribution in [0, 0.1) is 22.7 Å². The molecule has 7 heteroatoms. The molecule has 9 atom stereocenters. The molecule has 0 aromatic rings. The topological polar surface area (TPSA) is 120 Å². The van der Waals surface area contributed by atoms with Crippen molar-refractivity contribution in [1.29, 1.82) is 0 Å². The Morgan fingerprint density at radius 1 is 1.04 bits per heavy atom. The number of hydrogen-bond acceptors (Lipinski definition) is 7. The van der Waals surface area contributed by atoms with Gasteiger partial charge in [-0.3, -0.25) is 0 Å². The van der Waals surface area contributed by atoms with Gasteiger partial charge >= 0.3 is 0 Å². The summed E-state index contributed by atoms with van der Waals surface area (Å²) in [6.45, 7) is 10.3. The van der Waals surface area contributed by atoms with Crippen molar-refractivity contribution in [3.05, 3.63) is 12.2 Å². The fourth-order valence-corrected chi connectivity index (χ4v) is 6.07. The Morgan fingerprint density at radius 3 is 2.32 bits per heavy atom. The van der Waals surface area contributed by atoms with Crippen LogP contribution in [-0.2, 0) is 9.47 Å². The molecule has 0 aromatic carbocycles. The van der Waals surface area contributed by atoms with Crippen LogP contribution in [0.3, 0.4) is 0 Å². The van der Waals surface area contributed by atoms with Crippen LogP contribution in [0.5, 0.6) is 0 Å². The highest BCUT2D eigenvalue weighted by Gasteiger charge is 2.57. The molecule has 162 valence electrons. The van der Waals surface area contributed by atoms with E-state index in [2.05, 4.69) is 27.4 Å². The van der Waals surface area contributed by atoms with Crippen LogP contribution in [0.2, 0.25) is 0 Å². The molecular formula is C21H36O7. The van der Waals surface area contributed by atoms with Crippen LogP contribution in [0.25, 0.3) is 0 Å². The summed E-state index contributed by atoms with van der Waals surface area (Å²) in [5.74, 6) is 0.366. The fourth-order valence-electron chi connectivity index (χ4n) is 6.07. The first-order valence-electron chi connectivity index (χ1n) is 10.3. The maximum absolute atomic E-state index is 10.3. The highest BCUT2D eigenvalue weighted by atomic mass is 16.7. The molecule has 2 aliphatic carbocycles. The third-order valence-corrected chi connectivity index (χ3v) is 7.84. The molecule has 3 aliphatic rings. The lowest BCUT2D eigenvalue weighted by molar-refractivity contribution is -0.327. The van der Waals surface area contributed by atoms with Crippen LogP contribution in [0.1, 0.15) is 46.5 Å². The highest BCUT2D eigenvalue weighted by molar-refractivity contribution is 5.17. The van der Waals surface area contributed by atoms with Crippen LogP contribution in [-0.4, -0.2) is 75.6 Å². The number of hydrogen-bond donors (Lipinski definition) is 5. The molecule has 0 spiro atoms. The summed E-state index contributed by atoms with van der Waals surface area (Å²) in [6.07, 6.45) is -3.12. The number of fused-ring (bicyclic) bond motifs is 1. The van der Waals surface area contributed by atoms with Crippen molar-refractivity contribution in [1.82, 2.24) is 0 Å². The first kappa shape index (κ1) is 22.2. The van der Waals surface area contributed by atoms with Crippen LogP contribution < -0.4 is 0 Å². The molecule has 28 heavy (non-hydrogen) atoms. The monoisotopic (exact) mass is 400 g/mol. The summed E-state index contributed by atoms with van der Waals surface area (Å²) in [5, 5.41) is 49.7. The van der Waals surface area contributed by atoms with E-state index in [-0.39, 0.29) is 29.5 Å². The van der Waals surface area contributed by atoms with Gasteiger partial charge in [0.1, 0.15) is 24.4 Å². The Kier molecular flexibility index (Phi) is 6.29. The Labute approximate surface area is 167 Å². The van der Waals surface area contributed by atoms with Crippen molar-refractivity contribution in [2.45, 2.75) is 83.3 Å². The summed E-state index contributed by atoms with van der Waals surface area (Å²) in [6, 6.07) is 0. The molecular weight excluding hydrogens is 364 g/mol. The van der Waals surface area contributed by atoms with Crippen molar-refractivity contribution in [2.75, 3.05) is 13.2 Å².